The molecule has 1 unspecified atom stereocenters. The van der Waals surface area contributed by atoms with E-state index >= 15 is 0 Å². The number of anilines is 1. The molecule has 2 heterocycles. The summed E-state index contributed by atoms with van der Waals surface area (Å²) in [6.45, 7) is 13.1. The maximum absolute atomic E-state index is 4.67. The SMILES string of the molecule is C=N/C(=N\NCc1ccc(N/C(=C/CC)c2cccc(CN3CCSCC3)c2)cc1)C1CCCN(Cc2ccccc2)C1. The Morgan fingerprint density at radius 3 is 2.44 bits per heavy atom. The number of thioether (sulfide) groups is 1. The van der Waals surface area contributed by atoms with Gasteiger partial charge in [-0.3, -0.25) is 9.80 Å². The van der Waals surface area contributed by atoms with E-state index in [1.807, 2.05) is 0 Å². The maximum atomic E-state index is 4.67. The largest absolute Gasteiger partial charge is 0.355 e. The van der Waals surface area contributed by atoms with Crippen molar-refractivity contribution in [3.63, 3.8) is 0 Å². The number of aliphatic imine (C=N–C) groups is 1. The lowest BCUT2D eigenvalue weighted by atomic mass is 9.96. The molecule has 0 aromatic heterocycles. The molecule has 2 fully saturated rings. The summed E-state index contributed by atoms with van der Waals surface area (Å²) in [4.78, 5) is 9.37. The Morgan fingerprint density at radius 2 is 1.67 bits per heavy atom. The fourth-order valence-corrected chi connectivity index (χ4v) is 6.86. The van der Waals surface area contributed by atoms with Gasteiger partial charge in [-0.2, -0.15) is 16.9 Å². The first kappa shape index (κ1) is 31.0. The Hall–Kier alpha value is -3.39. The highest BCUT2D eigenvalue weighted by Crippen LogP contribution is 2.23. The topological polar surface area (TPSA) is 55.3 Å². The zero-order valence-corrected chi connectivity index (χ0v) is 26.4. The number of amidine groups is 1. The van der Waals surface area contributed by atoms with Crippen LogP contribution in [0, 0.1) is 5.92 Å². The first-order chi connectivity index (χ1) is 21.2. The van der Waals surface area contributed by atoms with Gasteiger partial charge in [-0.25, -0.2) is 4.99 Å². The number of likely N-dealkylation sites (tertiary alicyclic amines) is 1. The van der Waals surface area contributed by atoms with Crippen LogP contribution in [0.2, 0.25) is 0 Å². The van der Waals surface area contributed by atoms with Gasteiger partial charge < -0.3 is 10.7 Å². The molecule has 0 spiro atoms. The Bertz CT molecular complexity index is 1350. The Kier molecular flexibility index (Phi) is 11.9. The normalized spacial score (nSPS) is 18.8. The van der Waals surface area contributed by atoms with E-state index in [1.165, 1.54) is 46.8 Å². The second-order valence-electron chi connectivity index (χ2n) is 11.5. The number of hydrogen-bond donors (Lipinski definition) is 2. The van der Waals surface area contributed by atoms with Crippen LogP contribution >= 0.6 is 11.8 Å². The van der Waals surface area contributed by atoms with Crippen LogP contribution in [-0.4, -0.2) is 60.0 Å². The van der Waals surface area contributed by atoms with Gasteiger partial charge in [-0.1, -0.05) is 73.7 Å². The molecule has 7 heteroatoms. The zero-order valence-electron chi connectivity index (χ0n) is 25.5. The lowest BCUT2D eigenvalue weighted by Crippen LogP contribution is -2.38. The Labute approximate surface area is 262 Å². The van der Waals surface area contributed by atoms with Crippen LogP contribution in [0.3, 0.4) is 0 Å². The van der Waals surface area contributed by atoms with E-state index in [2.05, 4.69) is 141 Å². The molecule has 6 nitrogen and oxygen atoms in total. The molecule has 43 heavy (non-hydrogen) atoms. The van der Waals surface area contributed by atoms with Crippen LogP contribution in [0.25, 0.3) is 5.70 Å². The zero-order chi connectivity index (χ0) is 29.7. The average molecular weight is 595 g/mol. The van der Waals surface area contributed by atoms with Gasteiger partial charge in [0, 0.05) is 61.5 Å². The number of nitrogens with zero attached hydrogens (tertiary/aromatic N) is 4. The summed E-state index contributed by atoms with van der Waals surface area (Å²) in [5.41, 5.74) is 10.6. The van der Waals surface area contributed by atoms with Crippen molar-refractivity contribution in [2.45, 2.75) is 45.8 Å². The molecule has 0 amide bonds. The molecule has 3 aromatic rings. The van der Waals surface area contributed by atoms with Gasteiger partial charge in [0.15, 0.2) is 5.84 Å². The second kappa shape index (κ2) is 16.5. The highest BCUT2D eigenvalue weighted by Gasteiger charge is 2.24. The number of hydrazone groups is 1. The quantitative estimate of drug-likeness (QED) is 0.133. The molecule has 0 saturated carbocycles. The minimum Gasteiger partial charge on any atom is -0.355 e. The van der Waals surface area contributed by atoms with Crippen LogP contribution in [0.5, 0.6) is 0 Å². The summed E-state index contributed by atoms with van der Waals surface area (Å²) in [7, 11) is 0. The minimum atomic E-state index is 0.301. The van der Waals surface area contributed by atoms with Crippen LogP contribution in [0.4, 0.5) is 5.69 Å². The van der Waals surface area contributed by atoms with Crippen molar-refractivity contribution in [1.29, 1.82) is 0 Å². The van der Waals surface area contributed by atoms with Crippen molar-refractivity contribution in [3.05, 3.63) is 107 Å². The third-order valence-corrected chi connectivity index (χ3v) is 9.09. The van der Waals surface area contributed by atoms with Crippen molar-refractivity contribution >= 4 is 35.7 Å². The Balaban J connectivity index is 1.14. The molecule has 1 atom stereocenters. The minimum absolute atomic E-state index is 0.301. The van der Waals surface area contributed by atoms with Crippen LogP contribution in [0.1, 0.15) is 48.4 Å². The highest BCUT2D eigenvalue weighted by molar-refractivity contribution is 7.99. The summed E-state index contributed by atoms with van der Waals surface area (Å²) in [5, 5.41) is 8.34. The summed E-state index contributed by atoms with van der Waals surface area (Å²) < 4.78 is 0. The van der Waals surface area contributed by atoms with E-state index in [4.69, 9.17) is 0 Å². The predicted octanol–water partition coefficient (Wildman–Crippen LogP) is 7.11. The van der Waals surface area contributed by atoms with Crippen molar-refractivity contribution in [2.24, 2.45) is 16.0 Å². The molecule has 3 aromatic carbocycles. The van der Waals surface area contributed by atoms with Crippen molar-refractivity contribution in [2.75, 3.05) is 43.0 Å². The number of nitrogens with one attached hydrogen (secondary N) is 2. The summed E-state index contributed by atoms with van der Waals surface area (Å²) in [5.74, 6) is 3.59. The average Bonchev–Trinajstić information content (AvgIpc) is 3.05. The molecule has 2 saturated heterocycles. The van der Waals surface area contributed by atoms with Crippen LogP contribution < -0.4 is 10.7 Å². The first-order valence-corrected chi connectivity index (χ1v) is 16.8. The summed E-state index contributed by atoms with van der Waals surface area (Å²) in [6, 6.07) is 28.3. The molecule has 0 bridgehead atoms. The smallest absolute Gasteiger partial charge is 0.151 e. The first-order valence-electron chi connectivity index (χ1n) is 15.7. The molecular weight excluding hydrogens is 549 g/mol. The van der Waals surface area contributed by atoms with Gasteiger partial charge in [-0.15, -0.1) is 0 Å². The van der Waals surface area contributed by atoms with E-state index < -0.39 is 0 Å². The molecular formula is C36H46N6S. The van der Waals surface area contributed by atoms with Gasteiger partial charge in [0.05, 0.1) is 6.54 Å². The summed E-state index contributed by atoms with van der Waals surface area (Å²) >= 11 is 2.06. The third kappa shape index (κ3) is 9.55. The second-order valence-corrected chi connectivity index (χ2v) is 12.7. The van der Waals surface area contributed by atoms with Gasteiger partial charge in [0.2, 0.25) is 0 Å². The lowest BCUT2D eigenvalue weighted by molar-refractivity contribution is 0.196. The molecule has 0 aliphatic carbocycles. The highest BCUT2D eigenvalue weighted by atomic mass is 32.2. The molecule has 226 valence electrons. The fourth-order valence-electron chi connectivity index (χ4n) is 5.88. The van der Waals surface area contributed by atoms with Gasteiger partial charge in [0.25, 0.3) is 0 Å². The van der Waals surface area contributed by atoms with Crippen molar-refractivity contribution < 1.29 is 0 Å². The molecule has 0 radical (unpaired) electrons. The van der Waals surface area contributed by atoms with E-state index in [-0.39, 0.29) is 0 Å². The third-order valence-electron chi connectivity index (χ3n) is 8.15. The van der Waals surface area contributed by atoms with E-state index in [0.717, 1.165) is 62.7 Å². The van der Waals surface area contributed by atoms with Crippen molar-refractivity contribution in [1.82, 2.24) is 15.2 Å². The molecule has 2 aliphatic heterocycles. The number of allylic oxidation sites excluding steroid dienone is 1. The van der Waals surface area contributed by atoms with Gasteiger partial charge in [-0.05, 0) is 73.0 Å². The Morgan fingerprint density at radius 1 is 0.907 bits per heavy atom. The summed E-state index contributed by atoms with van der Waals surface area (Å²) in [6.07, 6.45) is 5.49. The number of benzene rings is 3. The maximum Gasteiger partial charge on any atom is 0.151 e. The van der Waals surface area contributed by atoms with E-state index in [1.54, 1.807) is 0 Å². The van der Waals surface area contributed by atoms with Gasteiger partial charge >= 0.3 is 0 Å². The fraction of sp³-hybridized carbons (Fsp3) is 0.389. The molecule has 5 rings (SSSR count). The number of piperidine rings is 1. The van der Waals surface area contributed by atoms with Crippen molar-refractivity contribution in [3.8, 4) is 0 Å². The molecule has 2 aliphatic rings. The van der Waals surface area contributed by atoms with E-state index in [0.29, 0.717) is 12.5 Å². The predicted molar refractivity (Wildman–Crippen MR) is 186 cm³/mol. The number of rotatable bonds is 12. The molecule has 2 N–H and O–H groups in total. The lowest BCUT2D eigenvalue weighted by Gasteiger charge is -2.32. The van der Waals surface area contributed by atoms with Gasteiger partial charge in [0.1, 0.15) is 0 Å². The standard InChI is InChI=1S/C36H46N6S/c1-3-9-35(32-13-7-12-31(24-32)27-41-20-22-43-23-21-41)39-34-17-15-29(16-18-34)25-38-40-36(37-2)33-14-8-19-42(28-33)26-30-10-5-4-6-11-30/h4-7,9-13,15-18,24,33,38-39H,2-3,8,14,19-23,25-28H2,1H3/b35-9+,40-36-. The number of hydrogen-bond acceptors (Lipinski definition) is 6. The van der Waals surface area contributed by atoms with Crippen LogP contribution in [0.15, 0.2) is 95.0 Å². The van der Waals surface area contributed by atoms with E-state index in [9.17, 15) is 0 Å². The van der Waals surface area contributed by atoms with Crippen LogP contribution in [-0.2, 0) is 19.6 Å². The monoisotopic (exact) mass is 594 g/mol.